The molecule has 0 saturated carbocycles. The first kappa shape index (κ1) is 15.2. The maximum Gasteiger partial charge on any atom is 0.0451 e. The van der Waals surface area contributed by atoms with Gasteiger partial charge in [-0.05, 0) is 44.6 Å². The Morgan fingerprint density at radius 1 is 1.32 bits per heavy atom. The smallest absolute Gasteiger partial charge is 0.0451 e. The third-order valence-corrected chi connectivity index (χ3v) is 5.24. The first-order valence-corrected chi connectivity index (χ1v) is 8.42. The first-order chi connectivity index (χ1) is 9.25. The Labute approximate surface area is 125 Å². The molecule has 1 N–H and O–H groups in total. The van der Waals surface area contributed by atoms with Gasteiger partial charge in [-0.1, -0.05) is 29.8 Å². The number of hydrogen-bond donors (Lipinski definition) is 1. The molecule has 1 aliphatic heterocycles. The van der Waals surface area contributed by atoms with Gasteiger partial charge in [0.25, 0.3) is 0 Å². The predicted octanol–water partition coefficient (Wildman–Crippen LogP) is 3.26. The quantitative estimate of drug-likeness (QED) is 0.868. The van der Waals surface area contributed by atoms with Crippen molar-refractivity contribution in [3.63, 3.8) is 0 Å². The molecule has 0 atom stereocenters. The Balaban J connectivity index is 1.67. The second-order valence-corrected chi connectivity index (χ2v) is 6.96. The van der Waals surface area contributed by atoms with Crippen molar-refractivity contribution in [2.24, 2.45) is 0 Å². The molecular formula is C15H23ClN2S. The van der Waals surface area contributed by atoms with Crippen LogP contribution < -0.4 is 5.32 Å². The van der Waals surface area contributed by atoms with Crippen molar-refractivity contribution in [3.8, 4) is 0 Å². The number of piperidine rings is 1. The summed E-state index contributed by atoms with van der Waals surface area (Å²) in [6, 6.07) is 8.12. The lowest BCUT2D eigenvalue weighted by atomic mass is 10.2. The summed E-state index contributed by atoms with van der Waals surface area (Å²) in [4.78, 5) is 2.36. The van der Waals surface area contributed by atoms with E-state index in [9.17, 15) is 0 Å². The molecule has 1 heterocycles. The number of halogens is 1. The fraction of sp³-hybridized carbons (Fsp3) is 0.600. The fourth-order valence-corrected chi connectivity index (χ4v) is 3.85. The zero-order valence-electron chi connectivity index (χ0n) is 11.6. The Hall–Kier alpha value is -0.220. The molecule has 0 radical (unpaired) electrons. The highest BCUT2D eigenvalue weighted by atomic mass is 35.5. The van der Waals surface area contributed by atoms with E-state index in [1.165, 1.54) is 37.2 Å². The van der Waals surface area contributed by atoms with E-state index in [-0.39, 0.29) is 0 Å². The normalized spacial score (nSPS) is 17.0. The fourth-order valence-electron chi connectivity index (χ4n) is 2.33. The molecule has 2 rings (SSSR count). The molecule has 0 unspecified atom stereocenters. The van der Waals surface area contributed by atoms with E-state index in [1.807, 2.05) is 12.1 Å². The Kier molecular flexibility index (Phi) is 6.51. The second kappa shape index (κ2) is 8.15. The van der Waals surface area contributed by atoms with E-state index in [0.717, 1.165) is 23.4 Å². The zero-order chi connectivity index (χ0) is 13.5. The highest BCUT2D eigenvalue weighted by Crippen LogP contribution is 2.21. The van der Waals surface area contributed by atoms with E-state index >= 15 is 0 Å². The number of thioether (sulfide) groups is 1. The summed E-state index contributed by atoms with van der Waals surface area (Å²) in [6.07, 6.45) is 2.64. The van der Waals surface area contributed by atoms with Crippen LogP contribution in [-0.4, -0.2) is 42.6 Å². The molecule has 1 aromatic carbocycles. The van der Waals surface area contributed by atoms with Crippen LogP contribution in [0.4, 0.5) is 0 Å². The van der Waals surface area contributed by atoms with Crippen molar-refractivity contribution >= 4 is 23.4 Å². The van der Waals surface area contributed by atoms with Crippen molar-refractivity contribution < 1.29 is 0 Å². The van der Waals surface area contributed by atoms with Gasteiger partial charge in [0.1, 0.15) is 0 Å². The van der Waals surface area contributed by atoms with Crippen LogP contribution in [0.3, 0.4) is 0 Å². The maximum atomic E-state index is 6.19. The molecule has 1 saturated heterocycles. The molecule has 1 fully saturated rings. The minimum absolute atomic E-state index is 0.856. The molecule has 2 nitrogen and oxygen atoms in total. The summed E-state index contributed by atoms with van der Waals surface area (Å²) in [7, 11) is 2.17. The summed E-state index contributed by atoms with van der Waals surface area (Å²) >= 11 is 8.31. The van der Waals surface area contributed by atoms with Crippen LogP contribution in [0.25, 0.3) is 0 Å². The van der Waals surface area contributed by atoms with Gasteiger partial charge < -0.3 is 10.2 Å². The standard InChI is InChI=1S/C15H23ClN2S/c1-18(12-13-4-2-3-5-15(13)16)10-11-19-14-6-8-17-9-7-14/h2-5,14,17H,6-12H2,1H3. The molecule has 0 spiro atoms. The lowest BCUT2D eigenvalue weighted by Gasteiger charge is -2.23. The van der Waals surface area contributed by atoms with Crippen LogP contribution in [0.1, 0.15) is 18.4 Å². The second-order valence-electron chi connectivity index (χ2n) is 5.15. The Morgan fingerprint density at radius 2 is 2.05 bits per heavy atom. The molecule has 106 valence electrons. The minimum Gasteiger partial charge on any atom is -0.317 e. The van der Waals surface area contributed by atoms with Gasteiger partial charge in [-0.3, -0.25) is 0 Å². The minimum atomic E-state index is 0.856. The van der Waals surface area contributed by atoms with Crippen LogP contribution in [0.2, 0.25) is 5.02 Å². The monoisotopic (exact) mass is 298 g/mol. The van der Waals surface area contributed by atoms with Crippen molar-refractivity contribution in [3.05, 3.63) is 34.9 Å². The van der Waals surface area contributed by atoms with E-state index in [2.05, 4.69) is 41.2 Å². The molecule has 1 aliphatic rings. The average Bonchev–Trinajstić information content (AvgIpc) is 2.43. The van der Waals surface area contributed by atoms with E-state index in [4.69, 9.17) is 11.6 Å². The van der Waals surface area contributed by atoms with Gasteiger partial charge in [0.2, 0.25) is 0 Å². The highest BCUT2D eigenvalue weighted by Gasteiger charge is 2.13. The SMILES string of the molecule is CN(CCSC1CCNCC1)Cc1ccccc1Cl. The number of benzene rings is 1. The summed E-state index contributed by atoms with van der Waals surface area (Å²) in [5.41, 5.74) is 1.22. The molecule has 0 aromatic heterocycles. The molecule has 1 aromatic rings. The van der Waals surface area contributed by atoms with Gasteiger partial charge in [-0.2, -0.15) is 11.8 Å². The lowest BCUT2D eigenvalue weighted by Crippen LogP contribution is -2.30. The van der Waals surface area contributed by atoms with E-state index in [1.54, 1.807) is 0 Å². The summed E-state index contributed by atoms with van der Waals surface area (Å²) in [5.74, 6) is 1.21. The maximum absolute atomic E-state index is 6.19. The van der Waals surface area contributed by atoms with Crippen molar-refractivity contribution in [1.29, 1.82) is 0 Å². The topological polar surface area (TPSA) is 15.3 Å². The Bertz CT molecular complexity index is 380. The van der Waals surface area contributed by atoms with Crippen LogP contribution in [-0.2, 0) is 6.54 Å². The van der Waals surface area contributed by atoms with Crippen LogP contribution >= 0.6 is 23.4 Å². The summed E-state index contributed by atoms with van der Waals surface area (Å²) in [6.45, 7) is 4.44. The Morgan fingerprint density at radius 3 is 2.79 bits per heavy atom. The number of nitrogens with zero attached hydrogens (tertiary/aromatic N) is 1. The van der Waals surface area contributed by atoms with Crippen LogP contribution in [0, 0.1) is 0 Å². The largest absolute Gasteiger partial charge is 0.317 e. The first-order valence-electron chi connectivity index (χ1n) is 7.00. The number of nitrogens with one attached hydrogen (secondary N) is 1. The van der Waals surface area contributed by atoms with Gasteiger partial charge in [-0.15, -0.1) is 0 Å². The third kappa shape index (κ3) is 5.35. The van der Waals surface area contributed by atoms with Gasteiger partial charge in [-0.25, -0.2) is 0 Å². The van der Waals surface area contributed by atoms with E-state index in [0.29, 0.717) is 0 Å². The zero-order valence-corrected chi connectivity index (χ0v) is 13.1. The van der Waals surface area contributed by atoms with Gasteiger partial charge >= 0.3 is 0 Å². The molecule has 19 heavy (non-hydrogen) atoms. The molecule has 0 amide bonds. The lowest BCUT2D eigenvalue weighted by molar-refractivity contribution is 0.348. The van der Waals surface area contributed by atoms with Gasteiger partial charge in [0.15, 0.2) is 0 Å². The van der Waals surface area contributed by atoms with Crippen LogP contribution in [0.5, 0.6) is 0 Å². The van der Waals surface area contributed by atoms with E-state index < -0.39 is 0 Å². The molecule has 4 heteroatoms. The van der Waals surface area contributed by atoms with Gasteiger partial charge in [0, 0.05) is 29.1 Å². The van der Waals surface area contributed by atoms with Crippen LogP contribution in [0.15, 0.2) is 24.3 Å². The van der Waals surface area contributed by atoms with Crippen molar-refractivity contribution in [2.45, 2.75) is 24.6 Å². The third-order valence-electron chi connectivity index (χ3n) is 3.51. The van der Waals surface area contributed by atoms with Crippen molar-refractivity contribution in [2.75, 3.05) is 32.4 Å². The predicted molar refractivity (Wildman–Crippen MR) is 86.1 cm³/mol. The summed E-state index contributed by atoms with van der Waals surface area (Å²) < 4.78 is 0. The molecule has 0 bridgehead atoms. The highest BCUT2D eigenvalue weighted by molar-refractivity contribution is 7.99. The number of rotatable bonds is 6. The summed E-state index contributed by atoms with van der Waals surface area (Å²) in [5, 5.41) is 5.15. The molecule has 0 aliphatic carbocycles. The van der Waals surface area contributed by atoms with Gasteiger partial charge in [0.05, 0.1) is 0 Å². The molecular weight excluding hydrogens is 276 g/mol. The average molecular weight is 299 g/mol. The number of hydrogen-bond acceptors (Lipinski definition) is 3. The van der Waals surface area contributed by atoms with Crippen molar-refractivity contribution in [1.82, 2.24) is 10.2 Å².